The molecule has 0 saturated carbocycles. The zero-order chi connectivity index (χ0) is 25.0. The standard InChI is InChI=1S/C22H19F3N2O5S2/c1-2-16-7-11-19(12-8-16)33(28,29)27-26-15-17-5-3-4-6-21(17)32-34(30,31)20-13-9-18(10-14-20)22(23,24)25/h3-14H,2,15H2,1H3. The van der Waals surface area contributed by atoms with E-state index >= 15 is 0 Å². The zero-order valence-corrected chi connectivity index (χ0v) is 19.4. The van der Waals surface area contributed by atoms with Crippen LogP contribution in [-0.2, 0) is 39.3 Å². The molecule has 0 heterocycles. The molecule has 0 aliphatic rings. The van der Waals surface area contributed by atoms with Crippen LogP contribution in [0.5, 0.6) is 5.75 Å². The summed E-state index contributed by atoms with van der Waals surface area (Å²) >= 11 is 0. The molecular formula is C22H19F3N2O5S2. The molecule has 0 radical (unpaired) electrons. The largest absolute Gasteiger partial charge is 0.416 e. The summed E-state index contributed by atoms with van der Waals surface area (Å²) in [6.07, 6.45) is -3.87. The maximum atomic E-state index is 12.7. The van der Waals surface area contributed by atoms with Crippen LogP contribution >= 0.6 is 0 Å². The maximum Gasteiger partial charge on any atom is 0.416 e. The third-order valence-corrected chi connectivity index (χ3v) is 7.12. The van der Waals surface area contributed by atoms with E-state index in [9.17, 15) is 30.0 Å². The number of nitrogens with zero attached hydrogens (tertiary/aromatic N) is 2. The number of hydrogen-bond acceptors (Lipinski definition) is 6. The van der Waals surface area contributed by atoms with Gasteiger partial charge in [0.25, 0.3) is 10.0 Å². The van der Waals surface area contributed by atoms with E-state index < -0.39 is 36.8 Å². The zero-order valence-electron chi connectivity index (χ0n) is 17.7. The highest BCUT2D eigenvalue weighted by Gasteiger charge is 2.31. The molecule has 180 valence electrons. The lowest BCUT2D eigenvalue weighted by Crippen LogP contribution is -2.12. The number of sulfonamides is 1. The fourth-order valence-electron chi connectivity index (χ4n) is 2.82. The first-order valence-electron chi connectivity index (χ1n) is 9.85. The number of hydrogen-bond donors (Lipinski definition) is 0. The molecule has 0 saturated heterocycles. The van der Waals surface area contributed by atoms with Crippen LogP contribution in [0.15, 0.2) is 92.2 Å². The second-order valence-corrected chi connectivity index (χ2v) is 10.2. The number of aryl methyl sites for hydroxylation is 1. The lowest BCUT2D eigenvalue weighted by atomic mass is 10.2. The van der Waals surface area contributed by atoms with Crippen molar-refractivity contribution < 1.29 is 34.2 Å². The molecule has 0 atom stereocenters. The monoisotopic (exact) mass is 512 g/mol. The molecule has 12 heteroatoms. The first kappa shape index (κ1) is 25.4. The van der Waals surface area contributed by atoms with Crippen molar-refractivity contribution in [2.24, 2.45) is 9.63 Å². The van der Waals surface area contributed by atoms with Crippen LogP contribution in [-0.4, -0.2) is 16.8 Å². The lowest BCUT2D eigenvalue weighted by Gasteiger charge is -2.11. The summed E-state index contributed by atoms with van der Waals surface area (Å²) in [4.78, 5) is -0.516. The van der Waals surface area contributed by atoms with Crippen molar-refractivity contribution in [1.29, 1.82) is 0 Å². The van der Waals surface area contributed by atoms with E-state index in [-0.39, 0.29) is 22.8 Å². The van der Waals surface area contributed by atoms with Gasteiger partial charge in [0.2, 0.25) is 0 Å². The van der Waals surface area contributed by atoms with Crippen molar-refractivity contribution in [1.82, 2.24) is 0 Å². The van der Waals surface area contributed by atoms with Crippen LogP contribution in [0, 0.1) is 0 Å². The minimum absolute atomic E-state index is 0.0390. The van der Waals surface area contributed by atoms with Gasteiger partial charge < -0.3 is 4.18 Å². The normalized spacial score (nSPS) is 12.7. The first-order chi connectivity index (χ1) is 15.9. The Kier molecular flexibility index (Phi) is 7.41. The third-order valence-electron chi connectivity index (χ3n) is 4.68. The third kappa shape index (κ3) is 6.20. The predicted molar refractivity (Wildman–Crippen MR) is 117 cm³/mol. The fraction of sp³-hybridized carbons (Fsp3) is 0.182. The average molecular weight is 513 g/mol. The number of para-hydroxylation sites is 1. The molecule has 34 heavy (non-hydrogen) atoms. The maximum absolute atomic E-state index is 12.7. The molecule has 3 rings (SSSR count). The average Bonchev–Trinajstić information content (AvgIpc) is 2.79. The van der Waals surface area contributed by atoms with Crippen molar-refractivity contribution >= 4 is 20.1 Å². The Hall–Kier alpha value is -3.25. The van der Waals surface area contributed by atoms with Gasteiger partial charge in [0.1, 0.15) is 10.6 Å². The molecule has 3 aromatic carbocycles. The highest BCUT2D eigenvalue weighted by molar-refractivity contribution is 7.90. The van der Waals surface area contributed by atoms with Gasteiger partial charge in [-0.05, 0) is 54.4 Å². The summed E-state index contributed by atoms with van der Waals surface area (Å²) in [6, 6.07) is 14.8. The Labute approximate surface area is 195 Å². The van der Waals surface area contributed by atoms with Gasteiger partial charge in [0.05, 0.1) is 17.0 Å². The quantitative estimate of drug-likeness (QED) is 0.298. The van der Waals surface area contributed by atoms with Gasteiger partial charge in [-0.3, -0.25) is 0 Å². The minimum atomic E-state index is -4.61. The first-order valence-corrected chi connectivity index (χ1v) is 12.7. The van der Waals surface area contributed by atoms with E-state index in [1.54, 1.807) is 18.2 Å². The molecule has 0 fully saturated rings. The van der Waals surface area contributed by atoms with E-state index in [0.29, 0.717) is 12.1 Å². The molecule has 0 bridgehead atoms. The minimum Gasteiger partial charge on any atom is -0.379 e. The van der Waals surface area contributed by atoms with Crippen LogP contribution in [0.2, 0.25) is 0 Å². The Morgan fingerprint density at radius 3 is 2.00 bits per heavy atom. The molecule has 0 amide bonds. The van der Waals surface area contributed by atoms with Crippen LogP contribution < -0.4 is 4.18 Å². The summed E-state index contributed by atoms with van der Waals surface area (Å²) in [5.41, 5.74) is 0.160. The Balaban J connectivity index is 1.78. The highest BCUT2D eigenvalue weighted by atomic mass is 32.2. The number of halogens is 3. The van der Waals surface area contributed by atoms with Gasteiger partial charge >= 0.3 is 16.3 Å². The molecule has 0 aromatic heterocycles. The van der Waals surface area contributed by atoms with Crippen molar-refractivity contribution in [3.63, 3.8) is 0 Å². The fourth-order valence-corrected chi connectivity index (χ4v) is 4.57. The van der Waals surface area contributed by atoms with Gasteiger partial charge in [-0.1, -0.05) is 41.8 Å². The van der Waals surface area contributed by atoms with E-state index in [1.807, 2.05) is 6.92 Å². The van der Waals surface area contributed by atoms with Gasteiger partial charge in [0, 0.05) is 5.56 Å². The van der Waals surface area contributed by atoms with E-state index in [4.69, 9.17) is 4.18 Å². The molecule has 7 nitrogen and oxygen atoms in total. The molecule has 0 unspecified atom stereocenters. The van der Waals surface area contributed by atoms with Crippen molar-refractivity contribution in [2.45, 2.75) is 35.9 Å². The Morgan fingerprint density at radius 2 is 1.41 bits per heavy atom. The van der Waals surface area contributed by atoms with Gasteiger partial charge in [-0.15, -0.1) is 0 Å². The second-order valence-electron chi connectivity index (χ2n) is 7.02. The Morgan fingerprint density at radius 1 is 0.824 bits per heavy atom. The van der Waals surface area contributed by atoms with Gasteiger partial charge in [0.15, 0.2) is 0 Å². The van der Waals surface area contributed by atoms with Crippen LogP contribution in [0.4, 0.5) is 13.2 Å². The highest BCUT2D eigenvalue weighted by Crippen LogP contribution is 2.30. The molecule has 0 spiro atoms. The van der Waals surface area contributed by atoms with E-state index in [0.717, 1.165) is 24.1 Å². The van der Waals surface area contributed by atoms with Crippen molar-refractivity contribution in [2.75, 3.05) is 0 Å². The summed E-state index contributed by atoms with van der Waals surface area (Å²) < 4.78 is 96.4. The summed E-state index contributed by atoms with van der Waals surface area (Å²) in [7, 11) is -8.51. The van der Waals surface area contributed by atoms with Crippen LogP contribution in [0.3, 0.4) is 0 Å². The van der Waals surface area contributed by atoms with Gasteiger partial charge in [-0.2, -0.15) is 35.1 Å². The summed E-state index contributed by atoms with van der Waals surface area (Å²) in [5, 5.41) is 3.67. The summed E-state index contributed by atoms with van der Waals surface area (Å²) in [6.45, 7) is 1.62. The molecule has 0 aliphatic carbocycles. The van der Waals surface area contributed by atoms with Crippen LogP contribution in [0.1, 0.15) is 23.6 Å². The number of benzene rings is 3. The second kappa shape index (κ2) is 9.94. The molecule has 0 N–H and O–H groups in total. The molecule has 0 aliphatic heterocycles. The lowest BCUT2D eigenvalue weighted by molar-refractivity contribution is -0.137. The Bertz CT molecular complexity index is 1390. The van der Waals surface area contributed by atoms with Crippen molar-refractivity contribution in [3.8, 4) is 5.75 Å². The number of alkyl halides is 3. The van der Waals surface area contributed by atoms with E-state index in [1.165, 1.54) is 30.3 Å². The smallest absolute Gasteiger partial charge is 0.379 e. The topological polar surface area (TPSA) is 102 Å². The van der Waals surface area contributed by atoms with Crippen LogP contribution in [0.25, 0.3) is 0 Å². The SMILES string of the molecule is CCc1ccc(S(=O)(=O)N=NCc2ccccc2OS(=O)(=O)c2ccc(C(F)(F)F)cc2)cc1. The van der Waals surface area contributed by atoms with Crippen molar-refractivity contribution in [3.05, 3.63) is 89.5 Å². The van der Waals surface area contributed by atoms with E-state index in [2.05, 4.69) is 9.63 Å². The van der Waals surface area contributed by atoms with Gasteiger partial charge in [-0.25, -0.2) is 0 Å². The summed E-state index contributed by atoms with van der Waals surface area (Å²) in [5.74, 6) is -0.161. The number of rotatable bonds is 8. The molecular weight excluding hydrogens is 493 g/mol. The predicted octanol–water partition coefficient (Wildman–Crippen LogP) is 5.38. The molecule has 3 aromatic rings.